The number of para-hydroxylation sites is 1. The van der Waals surface area contributed by atoms with Gasteiger partial charge in [-0.2, -0.15) is 5.26 Å². The normalized spacial score (nSPS) is 10.5. The van der Waals surface area contributed by atoms with Crippen molar-refractivity contribution in [2.24, 2.45) is 0 Å². The summed E-state index contributed by atoms with van der Waals surface area (Å²) in [6.45, 7) is 5.33. The summed E-state index contributed by atoms with van der Waals surface area (Å²) < 4.78 is 5.08. The van der Waals surface area contributed by atoms with E-state index in [1.54, 1.807) is 32.9 Å². The van der Waals surface area contributed by atoms with Gasteiger partial charge in [0.15, 0.2) is 0 Å². The fourth-order valence-corrected chi connectivity index (χ4v) is 1.72. The lowest BCUT2D eigenvalue weighted by atomic mass is 10.2. The van der Waals surface area contributed by atoms with Crippen LogP contribution in [0.15, 0.2) is 30.3 Å². The van der Waals surface area contributed by atoms with Crippen LogP contribution in [0.3, 0.4) is 0 Å². The Morgan fingerprint density at radius 1 is 1.27 bits per heavy atom. The van der Waals surface area contributed by atoms with E-state index < -0.39 is 11.7 Å². The van der Waals surface area contributed by atoms with Crippen LogP contribution in [0.5, 0.6) is 0 Å². The predicted octanol–water partition coefficient (Wildman–Crippen LogP) is 2.46. The molecule has 2 amide bonds. The largest absolute Gasteiger partial charge is 0.444 e. The third-order valence-corrected chi connectivity index (χ3v) is 2.60. The van der Waals surface area contributed by atoms with E-state index in [9.17, 15) is 9.59 Å². The first-order valence-corrected chi connectivity index (χ1v) is 7.02. The van der Waals surface area contributed by atoms with E-state index in [4.69, 9.17) is 10.00 Å². The van der Waals surface area contributed by atoms with E-state index in [2.05, 4.69) is 5.32 Å². The number of nitriles is 1. The molecule has 1 aromatic rings. The molecule has 0 aliphatic heterocycles. The molecule has 118 valence electrons. The fraction of sp³-hybridized carbons (Fsp3) is 0.438. The Bertz CT molecular complexity index is 544. The molecule has 0 saturated heterocycles. The first kappa shape index (κ1) is 17.5. The molecule has 0 saturated carbocycles. The third kappa shape index (κ3) is 6.27. The summed E-state index contributed by atoms with van der Waals surface area (Å²) in [5, 5.41) is 11.1. The van der Waals surface area contributed by atoms with Gasteiger partial charge in [-0.3, -0.25) is 4.79 Å². The maximum atomic E-state index is 12.3. The molecule has 22 heavy (non-hydrogen) atoms. The minimum Gasteiger partial charge on any atom is -0.444 e. The van der Waals surface area contributed by atoms with E-state index >= 15 is 0 Å². The molecule has 0 radical (unpaired) electrons. The van der Waals surface area contributed by atoms with Gasteiger partial charge in [0.2, 0.25) is 5.91 Å². The summed E-state index contributed by atoms with van der Waals surface area (Å²) in [6, 6.07) is 11.0. The number of ether oxygens (including phenoxy) is 1. The molecule has 6 nitrogen and oxygen atoms in total. The van der Waals surface area contributed by atoms with Crippen molar-refractivity contribution in [2.45, 2.75) is 32.8 Å². The van der Waals surface area contributed by atoms with Gasteiger partial charge in [0.25, 0.3) is 0 Å². The Morgan fingerprint density at radius 2 is 1.91 bits per heavy atom. The number of nitrogens with zero attached hydrogens (tertiary/aromatic N) is 2. The highest BCUT2D eigenvalue weighted by molar-refractivity contribution is 5.96. The molecule has 0 aromatic heterocycles. The van der Waals surface area contributed by atoms with Crippen LogP contribution in [-0.4, -0.2) is 30.7 Å². The lowest BCUT2D eigenvalue weighted by molar-refractivity contribution is -0.117. The predicted molar refractivity (Wildman–Crippen MR) is 83.3 cm³/mol. The average Bonchev–Trinajstić information content (AvgIpc) is 2.45. The summed E-state index contributed by atoms with van der Waals surface area (Å²) in [5.41, 5.74) is 0.0706. The summed E-state index contributed by atoms with van der Waals surface area (Å²) in [7, 11) is 0. The number of alkyl carbamates (subject to hydrolysis) is 1. The Morgan fingerprint density at radius 3 is 2.45 bits per heavy atom. The van der Waals surface area contributed by atoms with Gasteiger partial charge < -0.3 is 15.0 Å². The molecule has 1 aromatic carbocycles. The molecule has 0 aliphatic carbocycles. The van der Waals surface area contributed by atoms with Crippen molar-refractivity contribution in [3.63, 3.8) is 0 Å². The van der Waals surface area contributed by atoms with Gasteiger partial charge in [-0.05, 0) is 32.9 Å². The standard InChI is InChI=1S/C16H21N3O3/c1-16(2,3)22-15(21)18-12-14(20)19(11-7-10-17)13-8-5-4-6-9-13/h4-6,8-9H,7,11-12H2,1-3H3,(H,18,21). The second-order valence-corrected chi connectivity index (χ2v) is 5.64. The maximum Gasteiger partial charge on any atom is 0.408 e. The van der Waals surface area contributed by atoms with Crippen LogP contribution in [0.1, 0.15) is 27.2 Å². The second-order valence-electron chi connectivity index (χ2n) is 5.64. The zero-order valence-corrected chi connectivity index (χ0v) is 13.1. The Labute approximate surface area is 130 Å². The molecule has 0 unspecified atom stereocenters. The van der Waals surface area contributed by atoms with Crippen molar-refractivity contribution in [3.05, 3.63) is 30.3 Å². The first-order chi connectivity index (χ1) is 10.3. The quantitative estimate of drug-likeness (QED) is 0.905. The molecule has 0 spiro atoms. The minimum atomic E-state index is -0.644. The summed E-state index contributed by atoms with van der Waals surface area (Å²) >= 11 is 0. The number of rotatable bonds is 5. The Kier molecular flexibility index (Phi) is 6.39. The van der Waals surface area contributed by atoms with Gasteiger partial charge in [0.1, 0.15) is 12.1 Å². The number of hydrogen-bond donors (Lipinski definition) is 1. The smallest absolute Gasteiger partial charge is 0.408 e. The zero-order chi connectivity index (χ0) is 16.6. The lowest BCUT2D eigenvalue weighted by Gasteiger charge is -2.23. The molecule has 0 aliphatic rings. The van der Waals surface area contributed by atoms with E-state index in [0.29, 0.717) is 5.69 Å². The number of amides is 2. The minimum absolute atomic E-state index is 0.185. The summed E-state index contributed by atoms with van der Waals surface area (Å²) in [4.78, 5) is 25.3. The van der Waals surface area contributed by atoms with Crippen molar-refractivity contribution in [3.8, 4) is 6.07 Å². The van der Waals surface area contributed by atoms with Crippen LogP contribution in [0.25, 0.3) is 0 Å². The van der Waals surface area contributed by atoms with Crippen LogP contribution in [-0.2, 0) is 9.53 Å². The van der Waals surface area contributed by atoms with E-state index in [1.807, 2.05) is 24.3 Å². The van der Waals surface area contributed by atoms with Crippen molar-refractivity contribution in [1.82, 2.24) is 5.32 Å². The number of carbonyl (C=O) groups is 2. The molecule has 0 atom stereocenters. The summed E-state index contributed by atoms with van der Waals surface area (Å²) in [6.07, 6.45) is -0.429. The second kappa shape index (κ2) is 8.03. The van der Waals surface area contributed by atoms with Crippen LogP contribution in [0.4, 0.5) is 10.5 Å². The van der Waals surface area contributed by atoms with Gasteiger partial charge in [-0.15, -0.1) is 0 Å². The van der Waals surface area contributed by atoms with Gasteiger partial charge in [0, 0.05) is 12.2 Å². The third-order valence-electron chi connectivity index (χ3n) is 2.60. The summed E-state index contributed by atoms with van der Waals surface area (Å²) in [5.74, 6) is -0.299. The molecule has 0 heterocycles. The Balaban J connectivity index is 2.65. The van der Waals surface area contributed by atoms with Gasteiger partial charge in [-0.25, -0.2) is 4.79 Å². The van der Waals surface area contributed by atoms with Gasteiger partial charge in [-0.1, -0.05) is 18.2 Å². The Hall–Kier alpha value is -2.55. The van der Waals surface area contributed by atoms with Crippen LogP contribution in [0.2, 0.25) is 0 Å². The monoisotopic (exact) mass is 303 g/mol. The highest BCUT2D eigenvalue weighted by Gasteiger charge is 2.19. The van der Waals surface area contributed by atoms with Gasteiger partial charge in [0.05, 0.1) is 12.5 Å². The average molecular weight is 303 g/mol. The molecule has 1 rings (SSSR count). The maximum absolute atomic E-state index is 12.3. The number of anilines is 1. The number of nitrogens with one attached hydrogen (secondary N) is 1. The van der Waals surface area contributed by atoms with E-state index in [-0.39, 0.29) is 25.4 Å². The van der Waals surface area contributed by atoms with Crippen LogP contribution in [0, 0.1) is 11.3 Å². The van der Waals surface area contributed by atoms with Crippen molar-refractivity contribution >= 4 is 17.7 Å². The highest BCUT2D eigenvalue weighted by Crippen LogP contribution is 2.13. The SMILES string of the molecule is CC(C)(C)OC(=O)NCC(=O)N(CCC#N)c1ccccc1. The first-order valence-electron chi connectivity index (χ1n) is 7.02. The zero-order valence-electron chi connectivity index (χ0n) is 13.1. The highest BCUT2D eigenvalue weighted by atomic mass is 16.6. The molecule has 0 fully saturated rings. The van der Waals surface area contributed by atoms with E-state index in [1.165, 1.54) is 4.90 Å². The molecular weight excluding hydrogens is 282 g/mol. The lowest BCUT2D eigenvalue weighted by Crippen LogP contribution is -2.42. The molecule has 6 heteroatoms. The number of benzene rings is 1. The van der Waals surface area contributed by atoms with Crippen LogP contribution >= 0.6 is 0 Å². The van der Waals surface area contributed by atoms with Crippen LogP contribution < -0.4 is 10.2 Å². The molecule has 1 N–H and O–H groups in total. The fourth-order valence-electron chi connectivity index (χ4n) is 1.72. The van der Waals surface area contributed by atoms with Gasteiger partial charge >= 0.3 is 6.09 Å². The van der Waals surface area contributed by atoms with Crippen molar-refractivity contribution in [1.29, 1.82) is 5.26 Å². The van der Waals surface area contributed by atoms with Crippen molar-refractivity contribution < 1.29 is 14.3 Å². The van der Waals surface area contributed by atoms with Crippen molar-refractivity contribution in [2.75, 3.05) is 18.0 Å². The number of carbonyl (C=O) groups excluding carboxylic acids is 2. The molecular formula is C16H21N3O3. The number of hydrogen-bond acceptors (Lipinski definition) is 4. The molecule has 0 bridgehead atoms. The topological polar surface area (TPSA) is 82.4 Å². The van der Waals surface area contributed by atoms with E-state index in [0.717, 1.165) is 0 Å².